The van der Waals surface area contributed by atoms with Crippen LogP contribution < -0.4 is 10.2 Å². The van der Waals surface area contributed by atoms with E-state index in [0.29, 0.717) is 18.8 Å². The van der Waals surface area contributed by atoms with Crippen LogP contribution in [0.5, 0.6) is 0 Å². The minimum absolute atomic E-state index is 0.156. The normalized spacial score (nSPS) is 13.4. The Hall–Kier alpha value is -4.40. The molecule has 38 heavy (non-hydrogen) atoms. The number of benzene rings is 3. The molecule has 1 heterocycles. The summed E-state index contributed by atoms with van der Waals surface area (Å²) in [6.45, 7) is 0.511. The Morgan fingerprint density at radius 2 is 1.50 bits per heavy atom. The van der Waals surface area contributed by atoms with Crippen molar-refractivity contribution < 1.29 is 27.6 Å². The predicted octanol–water partition coefficient (Wildman–Crippen LogP) is 5.46. The summed E-state index contributed by atoms with van der Waals surface area (Å²) in [6, 6.07) is 25.4. The van der Waals surface area contributed by atoms with Crippen LogP contribution in [0.2, 0.25) is 0 Å². The lowest BCUT2D eigenvalue weighted by atomic mass is 10.00. The summed E-state index contributed by atoms with van der Waals surface area (Å²) in [6.07, 6.45) is -2.25. The van der Waals surface area contributed by atoms with E-state index in [1.807, 2.05) is 48.5 Å². The first-order valence-corrected chi connectivity index (χ1v) is 12.1. The summed E-state index contributed by atoms with van der Waals surface area (Å²) < 4.78 is 37.1. The largest absolute Gasteiger partial charge is 0.471 e. The maximum atomic E-state index is 13.6. The third kappa shape index (κ3) is 6.67. The van der Waals surface area contributed by atoms with Gasteiger partial charge in [0.15, 0.2) is 5.78 Å². The summed E-state index contributed by atoms with van der Waals surface area (Å²) >= 11 is 0. The van der Waals surface area contributed by atoms with Gasteiger partial charge in [-0.15, -0.1) is 0 Å². The van der Waals surface area contributed by atoms with Crippen LogP contribution in [0.25, 0.3) is 5.57 Å². The number of nitrogens with zero attached hydrogens (tertiary/aromatic N) is 2. The first kappa shape index (κ1) is 26.7. The number of ketones is 1. The number of urea groups is 1. The molecule has 0 atom stereocenters. The molecule has 0 fully saturated rings. The van der Waals surface area contributed by atoms with Gasteiger partial charge >= 0.3 is 18.1 Å². The van der Waals surface area contributed by atoms with Crippen molar-refractivity contribution in [2.24, 2.45) is 0 Å². The number of carbonyl (C=O) groups excluding carboxylic acids is 3. The lowest BCUT2D eigenvalue weighted by Crippen LogP contribution is -2.44. The van der Waals surface area contributed by atoms with Gasteiger partial charge in [-0.25, -0.2) is 4.79 Å². The van der Waals surface area contributed by atoms with Crippen LogP contribution in [0.15, 0.2) is 91.0 Å². The van der Waals surface area contributed by atoms with Crippen molar-refractivity contribution in [2.75, 3.05) is 24.5 Å². The highest BCUT2D eigenvalue weighted by atomic mass is 19.4. The number of para-hydroxylation sites is 1. The van der Waals surface area contributed by atoms with Crippen molar-refractivity contribution in [3.8, 4) is 0 Å². The van der Waals surface area contributed by atoms with E-state index in [9.17, 15) is 27.6 Å². The number of carbonyl (C=O) groups is 3. The molecule has 3 aromatic rings. The van der Waals surface area contributed by atoms with Crippen molar-refractivity contribution in [3.63, 3.8) is 0 Å². The monoisotopic (exact) mass is 521 g/mol. The zero-order valence-corrected chi connectivity index (χ0v) is 20.4. The van der Waals surface area contributed by atoms with Gasteiger partial charge in [-0.3, -0.25) is 14.5 Å². The molecule has 0 aliphatic carbocycles. The zero-order valence-electron chi connectivity index (χ0n) is 20.4. The number of rotatable bonds is 7. The fraction of sp³-hybridized carbons (Fsp3) is 0.207. The predicted molar refractivity (Wildman–Crippen MR) is 138 cm³/mol. The minimum Gasteiger partial charge on any atom is -0.341 e. The van der Waals surface area contributed by atoms with Crippen molar-refractivity contribution in [1.82, 2.24) is 10.2 Å². The van der Waals surface area contributed by atoms with Crippen LogP contribution in [0.1, 0.15) is 27.9 Å². The molecule has 0 unspecified atom stereocenters. The standard InChI is InChI=1S/C29H26F3N3O3/c30-29(31,32)27(37)33-19-26(36)24-13-11-21(12-14-24)20-35(25-9-5-2-6-10-25)28(38)34-17-15-23(16-18-34)22-7-3-1-4-8-22/h1-15H,16-20H2,(H,33,37). The lowest BCUT2D eigenvalue weighted by Gasteiger charge is -2.33. The van der Waals surface area contributed by atoms with Gasteiger partial charge < -0.3 is 10.2 Å². The average Bonchev–Trinajstić information content (AvgIpc) is 2.95. The summed E-state index contributed by atoms with van der Waals surface area (Å²) in [5.41, 5.74) is 3.95. The Morgan fingerprint density at radius 1 is 0.868 bits per heavy atom. The molecule has 9 heteroatoms. The van der Waals surface area contributed by atoms with E-state index in [0.717, 1.165) is 17.5 Å². The van der Waals surface area contributed by atoms with E-state index in [1.54, 1.807) is 27.2 Å². The quantitative estimate of drug-likeness (QED) is 0.420. The number of nitrogens with one attached hydrogen (secondary N) is 1. The number of Topliss-reactive ketones (excluding diaryl/α,β-unsaturated/α-hetero) is 1. The third-order valence-corrected chi connectivity index (χ3v) is 6.21. The Morgan fingerprint density at radius 3 is 2.08 bits per heavy atom. The van der Waals surface area contributed by atoms with Crippen molar-refractivity contribution in [1.29, 1.82) is 0 Å². The average molecular weight is 522 g/mol. The van der Waals surface area contributed by atoms with Gasteiger partial charge in [0.1, 0.15) is 0 Å². The highest BCUT2D eigenvalue weighted by Crippen LogP contribution is 2.25. The van der Waals surface area contributed by atoms with E-state index in [2.05, 4.69) is 18.2 Å². The Labute approximate surface area is 218 Å². The van der Waals surface area contributed by atoms with Gasteiger partial charge in [0.2, 0.25) is 0 Å². The molecule has 0 radical (unpaired) electrons. The Kier molecular flexibility index (Phi) is 8.25. The number of hydrogen-bond acceptors (Lipinski definition) is 3. The molecule has 6 nitrogen and oxygen atoms in total. The maximum Gasteiger partial charge on any atom is 0.471 e. The molecule has 1 aliphatic heterocycles. The Balaban J connectivity index is 1.45. The molecule has 4 rings (SSSR count). The second kappa shape index (κ2) is 11.8. The van der Waals surface area contributed by atoms with E-state index >= 15 is 0 Å². The summed E-state index contributed by atoms with van der Waals surface area (Å²) in [4.78, 5) is 40.2. The molecule has 0 aromatic heterocycles. The smallest absolute Gasteiger partial charge is 0.341 e. The first-order valence-electron chi connectivity index (χ1n) is 12.1. The van der Waals surface area contributed by atoms with E-state index in [1.165, 1.54) is 17.7 Å². The fourth-order valence-electron chi connectivity index (χ4n) is 4.15. The summed E-state index contributed by atoms with van der Waals surface area (Å²) in [7, 11) is 0. The van der Waals surface area contributed by atoms with E-state index < -0.39 is 24.4 Å². The number of anilines is 1. The van der Waals surface area contributed by atoms with Gasteiger partial charge in [0, 0.05) is 24.3 Å². The Bertz CT molecular complexity index is 1310. The van der Waals surface area contributed by atoms with Gasteiger partial charge in [-0.1, -0.05) is 78.9 Å². The topological polar surface area (TPSA) is 69.7 Å². The fourth-order valence-corrected chi connectivity index (χ4v) is 4.15. The molecule has 1 N–H and O–H groups in total. The SMILES string of the molecule is O=C(CNC(=O)C(F)(F)F)c1ccc(CN(C(=O)N2CC=C(c3ccccc3)CC2)c2ccccc2)cc1. The van der Waals surface area contributed by atoms with Crippen LogP contribution in [0.3, 0.4) is 0 Å². The number of amides is 3. The molecule has 0 saturated heterocycles. The highest BCUT2D eigenvalue weighted by Gasteiger charge is 2.38. The van der Waals surface area contributed by atoms with E-state index in [4.69, 9.17) is 0 Å². The second-order valence-corrected chi connectivity index (χ2v) is 8.80. The van der Waals surface area contributed by atoms with Gasteiger partial charge in [-0.2, -0.15) is 13.2 Å². The summed E-state index contributed by atoms with van der Waals surface area (Å²) in [5.74, 6) is -2.82. The van der Waals surface area contributed by atoms with Crippen molar-refractivity contribution in [2.45, 2.75) is 19.1 Å². The molecular weight excluding hydrogens is 495 g/mol. The summed E-state index contributed by atoms with van der Waals surface area (Å²) in [5, 5.41) is 1.58. The molecule has 0 saturated carbocycles. The van der Waals surface area contributed by atoms with Gasteiger partial charge in [0.05, 0.1) is 13.1 Å². The molecule has 1 aliphatic rings. The van der Waals surface area contributed by atoms with Crippen LogP contribution in [-0.4, -0.2) is 48.4 Å². The van der Waals surface area contributed by atoms with E-state index in [-0.39, 0.29) is 18.1 Å². The maximum absolute atomic E-state index is 13.6. The molecule has 3 aromatic carbocycles. The number of hydrogen-bond donors (Lipinski definition) is 1. The molecule has 3 amide bonds. The van der Waals surface area contributed by atoms with Crippen molar-refractivity contribution in [3.05, 3.63) is 108 Å². The molecule has 0 bridgehead atoms. The molecule has 196 valence electrons. The third-order valence-electron chi connectivity index (χ3n) is 6.21. The first-order chi connectivity index (χ1) is 18.2. The van der Waals surface area contributed by atoms with Crippen LogP contribution >= 0.6 is 0 Å². The van der Waals surface area contributed by atoms with Gasteiger partial charge in [-0.05, 0) is 35.3 Å². The zero-order chi connectivity index (χ0) is 27.1. The minimum atomic E-state index is -5.05. The number of alkyl halides is 3. The molecule has 0 spiro atoms. The second-order valence-electron chi connectivity index (χ2n) is 8.80. The lowest BCUT2D eigenvalue weighted by molar-refractivity contribution is -0.173. The molecular formula is C29H26F3N3O3. The van der Waals surface area contributed by atoms with Crippen LogP contribution in [-0.2, 0) is 11.3 Å². The highest BCUT2D eigenvalue weighted by molar-refractivity contribution is 6.00. The number of halogens is 3. The van der Waals surface area contributed by atoms with Crippen LogP contribution in [0.4, 0.5) is 23.7 Å². The van der Waals surface area contributed by atoms with Crippen molar-refractivity contribution >= 4 is 29.0 Å². The van der Waals surface area contributed by atoms with Crippen LogP contribution in [0, 0.1) is 0 Å². The van der Waals surface area contributed by atoms with Gasteiger partial charge in [0.25, 0.3) is 0 Å².